The van der Waals surface area contributed by atoms with E-state index in [9.17, 15) is 14.4 Å². The Kier molecular flexibility index (Phi) is 6.05. The van der Waals surface area contributed by atoms with Crippen LogP contribution in [-0.2, 0) is 4.79 Å². The lowest BCUT2D eigenvalue weighted by atomic mass is 10.1. The SMILES string of the molecule is O=C1NC(=O)C(=Cc2ccc(OCCN3CN(c4ccccc4)c4ccccc4C3=O)cc2)S1. The van der Waals surface area contributed by atoms with Gasteiger partial charge in [-0.3, -0.25) is 19.7 Å². The number of imide groups is 1. The topological polar surface area (TPSA) is 79.0 Å². The second-order valence-electron chi connectivity index (χ2n) is 7.76. The number of hydrogen-bond acceptors (Lipinski definition) is 6. The average Bonchev–Trinajstić information content (AvgIpc) is 3.18. The summed E-state index contributed by atoms with van der Waals surface area (Å²) < 4.78 is 5.88. The van der Waals surface area contributed by atoms with Gasteiger partial charge in [0, 0.05) is 5.69 Å². The molecule has 3 aromatic rings. The van der Waals surface area contributed by atoms with E-state index in [0.29, 0.717) is 36.0 Å². The molecule has 3 aromatic carbocycles. The predicted molar refractivity (Wildman–Crippen MR) is 132 cm³/mol. The van der Waals surface area contributed by atoms with Crippen LogP contribution in [0.5, 0.6) is 5.75 Å². The van der Waals surface area contributed by atoms with Gasteiger partial charge in [-0.2, -0.15) is 0 Å². The number of anilines is 2. The highest BCUT2D eigenvalue weighted by atomic mass is 32.2. The maximum atomic E-state index is 13.1. The second-order valence-corrected chi connectivity index (χ2v) is 8.78. The fourth-order valence-electron chi connectivity index (χ4n) is 3.88. The lowest BCUT2D eigenvalue weighted by molar-refractivity contribution is -0.115. The largest absolute Gasteiger partial charge is 0.492 e. The number of ether oxygens (including phenoxy) is 1. The van der Waals surface area contributed by atoms with Crippen LogP contribution in [-0.4, -0.2) is 41.8 Å². The Balaban J connectivity index is 1.24. The molecule has 34 heavy (non-hydrogen) atoms. The molecule has 1 N–H and O–H groups in total. The van der Waals surface area contributed by atoms with Gasteiger partial charge in [0.2, 0.25) is 0 Å². The molecule has 1 fully saturated rings. The third-order valence-corrected chi connectivity index (χ3v) is 6.35. The minimum absolute atomic E-state index is 0.0183. The molecule has 8 heteroatoms. The lowest BCUT2D eigenvalue weighted by Crippen LogP contribution is -2.46. The van der Waals surface area contributed by atoms with Crippen molar-refractivity contribution in [2.75, 3.05) is 24.7 Å². The molecule has 0 radical (unpaired) electrons. The van der Waals surface area contributed by atoms with Crippen LogP contribution < -0.4 is 15.0 Å². The van der Waals surface area contributed by atoms with Crippen LogP contribution >= 0.6 is 11.8 Å². The highest BCUT2D eigenvalue weighted by Gasteiger charge is 2.29. The summed E-state index contributed by atoms with van der Waals surface area (Å²) in [4.78, 5) is 40.3. The number of benzene rings is 3. The van der Waals surface area contributed by atoms with E-state index in [2.05, 4.69) is 10.2 Å². The lowest BCUT2D eigenvalue weighted by Gasteiger charge is -2.38. The van der Waals surface area contributed by atoms with Gasteiger partial charge in [-0.15, -0.1) is 0 Å². The minimum atomic E-state index is -0.382. The van der Waals surface area contributed by atoms with Gasteiger partial charge in [-0.1, -0.05) is 42.5 Å². The average molecular weight is 472 g/mol. The predicted octanol–water partition coefficient (Wildman–Crippen LogP) is 4.64. The third-order valence-electron chi connectivity index (χ3n) is 5.54. The quantitative estimate of drug-likeness (QED) is 0.528. The Bertz CT molecular complexity index is 1270. The zero-order chi connectivity index (χ0) is 23.5. The van der Waals surface area contributed by atoms with Crippen LogP contribution in [0.25, 0.3) is 6.08 Å². The minimum Gasteiger partial charge on any atom is -0.492 e. The van der Waals surface area contributed by atoms with Gasteiger partial charge in [-0.05, 0) is 59.8 Å². The van der Waals surface area contributed by atoms with E-state index in [1.807, 2.05) is 66.7 Å². The summed E-state index contributed by atoms with van der Waals surface area (Å²) in [5.74, 6) is 0.259. The first-order valence-electron chi connectivity index (χ1n) is 10.8. The summed E-state index contributed by atoms with van der Waals surface area (Å²) in [5, 5.41) is 1.87. The summed E-state index contributed by atoms with van der Waals surface area (Å²) in [5.41, 5.74) is 3.38. The van der Waals surface area contributed by atoms with Crippen LogP contribution in [0.3, 0.4) is 0 Å². The molecule has 0 bridgehead atoms. The van der Waals surface area contributed by atoms with Crippen LogP contribution in [0, 0.1) is 0 Å². The second kappa shape index (κ2) is 9.44. The van der Waals surface area contributed by atoms with Gasteiger partial charge in [0.05, 0.1) is 29.4 Å². The molecule has 170 valence electrons. The molecule has 5 rings (SSSR count). The Morgan fingerprint density at radius 2 is 1.65 bits per heavy atom. The number of hydrogen-bond donors (Lipinski definition) is 1. The smallest absolute Gasteiger partial charge is 0.290 e. The molecule has 0 aromatic heterocycles. The fourth-order valence-corrected chi connectivity index (χ4v) is 4.56. The molecular weight excluding hydrogens is 450 g/mol. The molecule has 1 saturated heterocycles. The van der Waals surface area contributed by atoms with Crippen molar-refractivity contribution in [2.24, 2.45) is 0 Å². The van der Waals surface area contributed by atoms with Crippen LogP contribution in [0.4, 0.5) is 16.2 Å². The van der Waals surface area contributed by atoms with Gasteiger partial charge in [-0.25, -0.2) is 0 Å². The number of rotatable bonds is 6. The van der Waals surface area contributed by atoms with E-state index < -0.39 is 0 Å². The van der Waals surface area contributed by atoms with E-state index in [-0.39, 0.29) is 17.1 Å². The van der Waals surface area contributed by atoms with Crippen molar-refractivity contribution in [1.29, 1.82) is 0 Å². The Hall–Kier alpha value is -4.04. The summed E-state index contributed by atoms with van der Waals surface area (Å²) in [6.07, 6.45) is 1.66. The zero-order valence-electron chi connectivity index (χ0n) is 18.1. The van der Waals surface area contributed by atoms with E-state index in [1.165, 1.54) is 0 Å². The monoisotopic (exact) mass is 471 g/mol. The molecule has 0 atom stereocenters. The normalized spacial score (nSPS) is 16.6. The van der Waals surface area contributed by atoms with Crippen molar-refractivity contribution in [1.82, 2.24) is 10.2 Å². The molecule has 2 aliphatic heterocycles. The van der Waals surface area contributed by atoms with Crippen molar-refractivity contribution in [2.45, 2.75) is 0 Å². The van der Waals surface area contributed by atoms with Gasteiger partial charge in [0.15, 0.2) is 0 Å². The maximum Gasteiger partial charge on any atom is 0.290 e. The Labute approximate surface area is 201 Å². The first kappa shape index (κ1) is 21.8. The highest BCUT2D eigenvalue weighted by Crippen LogP contribution is 2.33. The highest BCUT2D eigenvalue weighted by molar-refractivity contribution is 8.18. The molecule has 0 unspecified atom stereocenters. The van der Waals surface area contributed by atoms with Crippen molar-refractivity contribution in [3.63, 3.8) is 0 Å². The molecule has 2 heterocycles. The zero-order valence-corrected chi connectivity index (χ0v) is 19.0. The summed E-state index contributed by atoms with van der Waals surface area (Å²) in [6, 6.07) is 24.9. The maximum absolute atomic E-state index is 13.1. The van der Waals surface area contributed by atoms with Gasteiger partial charge >= 0.3 is 0 Å². The van der Waals surface area contributed by atoms with E-state index in [1.54, 1.807) is 23.1 Å². The van der Waals surface area contributed by atoms with Gasteiger partial charge in [0.25, 0.3) is 17.1 Å². The fraction of sp³-hybridized carbons (Fsp3) is 0.115. The summed E-state index contributed by atoms with van der Waals surface area (Å²) in [7, 11) is 0. The molecular formula is C26H21N3O4S. The number of carbonyl (C=O) groups excluding carboxylic acids is 3. The first-order valence-corrected chi connectivity index (χ1v) is 11.6. The van der Waals surface area contributed by atoms with Crippen LogP contribution in [0.2, 0.25) is 0 Å². The van der Waals surface area contributed by atoms with Crippen LogP contribution in [0.15, 0.2) is 83.8 Å². The number of nitrogens with one attached hydrogen (secondary N) is 1. The Morgan fingerprint density at radius 1 is 0.912 bits per heavy atom. The van der Waals surface area contributed by atoms with E-state index in [0.717, 1.165) is 28.7 Å². The van der Waals surface area contributed by atoms with Crippen molar-refractivity contribution < 1.29 is 19.1 Å². The molecule has 7 nitrogen and oxygen atoms in total. The molecule has 0 saturated carbocycles. The van der Waals surface area contributed by atoms with Crippen LogP contribution in [0.1, 0.15) is 15.9 Å². The number of fused-ring (bicyclic) bond motifs is 1. The summed E-state index contributed by atoms with van der Waals surface area (Å²) >= 11 is 0.885. The molecule has 0 aliphatic carbocycles. The third kappa shape index (κ3) is 4.53. The van der Waals surface area contributed by atoms with Crippen molar-refractivity contribution in [3.05, 3.63) is 94.9 Å². The Morgan fingerprint density at radius 3 is 2.38 bits per heavy atom. The number of para-hydroxylation sites is 2. The number of nitrogens with zero attached hydrogens (tertiary/aromatic N) is 2. The standard InChI is InChI=1S/C26H21N3O4S/c30-24-23(34-26(32)27-24)16-18-10-12-20(13-11-18)33-15-14-28-17-29(19-6-2-1-3-7-19)22-9-5-4-8-21(22)25(28)31/h1-13,16H,14-15,17H2,(H,27,30,32). The summed E-state index contributed by atoms with van der Waals surface area (Å²) in [6.45, 7) is 1.21. The van der Waals surface area contributed by atoms with Crippen molar-refractivity contribution >= 4 is 46.3 Å². The van der Waals surface area contributed by atoms with Gasteiger partial charge < -0.3 is 14.5 Å². The first-order chi connectivity index (χ1) is 16.6. The number of carbonyl (C=O) groups is 3. The number of amides is 3. The number of thioether (sulfide) groups is 1. The van der Waals surface area contributed by atoms with E-state index in [4.69, 9.17) is 4.74 Å². The molecule has 0 spiro atoms. The molecule has 3 amide bonds. The van der Waals surface area contributed by atoms with Crippen molar-refractivity contribution in [3.8, 4) is 5.75 Å². The van der Waals surface area contributed by atoms with Gasteiger partial charge in [0.1, 0.15) is 12.4 Å². The van der Waals surface area contributed by atoms with E-state index >= 15 is 0 Å². The molecule has 2 aliphatic rings.